The Balaban J connectivity index is 2.24. The zero-order chi connectivity index (χ0) is 12.0. The topological polar surface area (TPSA) is 46.6 Å². The van der Waals surface area contributed by atoms with Crippen molar-refractivity contribution in [1.29, 1.82) is 0 Å². The summed E-state index contributed by atoms with van der Waals surface area (Å²) < 4.78 is 5.16. The van der Waals surface area contributed by atoms with E-state index in [4.69, 9.17) is 4.74 Å². The lowest BCUT2D eigenvalue weighted by atomic mass is 9.94. The first-order valence-electron chi connectivity index (χ1n) is 5.98. The molecule has 92 valence electrons. The third-order valence-electron chi connectivity index (χ3n) is 2.84. The highest BCUT2D eigenvalue weighted by Crippen LogP contribution is 2.19. The highest BCUT2D eigenvalue weighted by atomic mass is 16.6. The van der Waals surface area contributed by atoms with Crippen LogP contribution in [0.4, 0.5) is 4.79 Å². The molecule has 0 aromatic rings. The van der Waals surface area contributed by atoms with Crippen molar-refractivity contribution in [3.8, 4) is 0 Å². The Morgan fingerprint density at radius 3 is 2.56 bits per heavy atom. The van der Waals surface area contributed by atoms with Crippen LogP contribution in [0.15, 0.2) is 0 Å². The van der Waals surface area contributed by atoms with Crippen molar-refractivity contribution in [2.75, 3.05) is 19.7 Å². The summed E-state index contributed by atoms with van der Waals surface area (Å²) in [6.45, 7) is 5.95. The molecule has 1 aliphatic rings. The van der Waals surface area contributed by atoms with Crippen molar-refractivity contribution in [1.82, 2.24) is 4.90 Å². The van der Waals surface area contributed by atoms with Crippen LogP contribution in [0.1, 0.15) is 33.1 Å². The smallest absolute Gasteiger partial charge is 0.409 e. The minimum absolute atomic E-state index is 0.210. The molecule has 0 radical (unpaired) electrons. The summed E-state index contributed by atoms with van der Waals surface area (Å²) in [6, 6.07) is 0. The van der Waals surface area contributed by atoms with Gasteiger partial charge in [-0.15, -0.1) is 0 Å². The highest BCUT2D eigenvalue weighted by Gasteiger charge is 2.23. The number of ether oxygens (including phenoxy) is 1. The Labute approximate surface area is 96.9 Å². The first kappa shape index (κ1) is 13.0. The van der Waals surface area contributed by atoms with Gasteiger partial charge in [0.15, 0.2) is 0 Å². The molecule has 16 heavy (non-hydrogen) atoms. The van der Waals surface area contributed by atoms with Gasteiger partial charge in [0.1, 0.15) is 6.29 Å². The number of amides is 1. The Morgan fingerprint density at radius 1 is 1.44 bits per heavy atom. The molecule has 0 atom stereocenters. The van der Waals surface area contributed by atoms with Crippen molar-refractivity contribution >= 4 is 12.4 Å². The van der Waals surface area contributed by atoms with Crippen LogP contribution in [0.25, 0.3) is 0 Å². The number of rotatable bonds is 4. The third-order valence-corrected chi connectivity index (χ3v) is 2.84. The van der Waals surface area contributed by atoms with Crippen molar-refractivity contribution in [3.05, 3.63) is 0 Å². The lowest BCUT2D eigenvalue weighted by Crippen LogP contribution is -2.39. The minimum atomic E-state index is -0.210. The second kappa shape index (κ2) is 6.51. The van der Waals surface area contributed by atoms with E-state index >= 15 is 0 Å². The van der Waals surface area contributed by atoms with E-state index in [0.717, 1.165) is 32.2 Å². The highest BCUT2D eigenvalue weighted by molar-refractivity contribution is 5.67. The Hall–Kier alpha value is -1.06. The van der Waals surface area contributed by atoms with Gasteiger partial charge < -0.3 is 14.4 Å². The molecule has 0 N–H and O–H groups in total. The van der Waals surface area contributed by atoms with E-state index in [2.05, 4.69) is 0 Å². The first-order valence-corrected chi connectivity index (χ1v) is 5.98. The predicted octanol–water partition coefficient (Wildman–Crippen LogP) is 2.08. The number of piperidine rings is 1. The first-order chi connectivity index (χ1) is 7.63. The number of aldehydes is 1. The molecule has 1 amide bonds. The molecule has 1 heterocycles. The number of likely N-dealkylation sites (tertiary alicyclic amines) is 1. The number of hydrogen-bond donors (Lipinski definition) is 0. The van der Waals surface area contributed by atoms with Gasteiger partial charge in [-0.1, -0.05) is 13.8 Å². The summed E-state index contributed by atoms with van der Waals surface area (Å²) in [4.78, 5) is 23.7. The van der Waals surface area contributed by atoms with Crippen LogP contribution in [0.3, 0.4) is 0 Å². The van der Waals surface area contributed by atoms with Crippen LogP contribution >= 0.6 is 0 Å². The zero-order valence-corrected chi connectivity index (χ0v) is 10.1. The monoisotopic (exact) mass is 227 g/mol. The fraction of sp³-hybridized carbons (Fsp3) is 0.833. The average molecular weight is 227 g/mol. The molecule has 0 spiro atoms. The molecule has 1 saturated heterocycles. The number of nitrogens with zero attached hydrogens (tertiary/aromatic N) is 1. The van der Waals surface area contributed by atoms with Gasteiger partial charge in [0.25, 0.3) is 0 Å². The van der Waals surface area contributed by atoms with Gasteiger partial charge in [0, 0.05) is 19.5 Å². The molecule has 0 saturated carbocycles. The fourth-order valence-electron chi connectivity index (χ4n) is 1.82. The number of hydrogen-bond acceptors (Lipinski definition) is 3. The quantitative estimate of drug-likeness (QED) is 0.691. The van der Waals surface area contributed by atoms with Gasteiger partial charge in [-0.25, -0.2) is 4.79 Å². The molecule has 0 aromatic heterocycles. The van der Waals surface area contributed by atoms with E-state index in [0.29, 0.717) is 24.9 Å². The molecule has 0 unspecified atom stereocenters. The number of carbonyl (C=O) groups excluding carboxylic acids is 2. The predicted molar refractivity (Wildman–Crippen MR) is 61.2 cm³/mol. The van der Waals surface area contributed by atoms with Gasteiger partial charge >= 0.3 is 6.09 Å². The zero-order valence-electron chi connectivity index (χ0n) is 10.1. The standard InChI is InChI=1S/C12H21NO3/c1-10(2)9-16-12(15)13-6-3-11(4-7-13)5-8-14/h8,10-11H,3-7,9H2,1-2H3. The SMILES string of the molecule is CC(C)COC(=O)N1CCC(CC=O)CC1. The summed E-state index contributed by atoms with van der Waals surface area (Å²) >= 11 is 0. The third kappa shape index (κ3) is 4.21. The molecule has 4 heteroatoms. The van der Waals surface area contributed by atoms with Gasteiger partial charge in [-0.2, -0.15) is 0 Å². The van der Waals surface area contributed by atoms with Crippen molar-refractivity contribution in [2.45, 2.75) is 33.1 Å². The molecule has 1 aliphatic heterocycles. The Morgan fingerprint density at radius 2 is 2.06 bits per heavy atom. The van der Waals surface area contributed by atoms with Crippen molar-refractivity contribution in [2.24, 2.45) is 11.8 Å². The second-order valence-electron chi connectivity index (χ2n) is 4.80. The lowest BCUT2D eigenvalue weighted by Gasteiger charge is -2.30. The number of carbonyl (C=O) groups is 2. The maximum atomic E-state index is 11.6. The van der Waals surface area contributed by atoms with Crippen LogP contribution in [0.2, 0.25) is 0 Å². The van der Waals surface area contributed by atoms with Gasteiger partial charge in [0.2, 0.25) is 0 Å². The molecule has 0 aliphatic carbocycles. The largest absolute Gasteiger partial charge is 0.449 e. The maximum Gasteiger partial charge on any atom is 0.409 e. The summed E-state index contributed by atoms with van der Waals surface area (Å²) in [7, 11) is 0. The van der Waals surface area contributed by atoms with E-state index in [1.165, 1.54) is 0 Å². The van der Waals surface area contributed by atoms with Gasteiger partial charge in [0.05, 0.1) is 6.61 Å². The second-order valence-corrected chi connectivity index (χ2v) is 4.80. The van der Waals surface area contributed by atoms with Gasteiger partial charge in [-0.05, 0) is 24.7 Å². The van der Waals surface area contributed by atoms with E-state index in [-0.39, 0.29) is 6.09 Å². The molecule has 0 bridgehead atoms. The molecular weight excluding hydrogens is 206 g/mol. The summed E-state index contributed by atoms with van der Waals surface area (Å²) in [5.74, 6) is 0.822. The molecule has 1 fully saturated rings. The van der Waals surface area contributed by atoms with E-state index in [9.17, 15) is 9.59 Å². The normalized spacial score (nSPS) is 17.6. The Kier molecular flexibility index (Phi) is 5.29. The molecule has 4 nitrogen and oxygen atoms in total. The minimum Gasteiger partial charge on any atom is -0.449 e. The van der Waals surface area contributed by atoms with E-state index in [1.807, 2.05) is 13.8 Å². The average Bonchev–Trinajstić information content (AvgIpc) is 2.27. The maximum absolute atomic E-state index is 11.6. The van der Waals surface area contributed by atoms with Crippen LogP contribution < -0.4 is 0 Å². The molecular formula is C12H21NO3. The van der Waals surface area contributed by atoms with Crippen molar-refractivity contribution < 1.29 is 14.3 Å². The van der Waals surface area contributed by atoms with Crippen LogP contribution in [0, 0.1) is 11.8 Å². The van der Waals surface area contributed by atoms with Crippen LogP contribution in [-0.2, 0) is 9.53 Å². The Bertz CT molecular complexity index is 232. The van der Waals surface area contributed by atoms with E-state index in [1.54, 1.807) is 4.90 Å². The van der Waals surface area contributed by atoms with Gasteiger partial charge in [-0.3, -0.25) is 0 Å². The summed E-state index contributed by atoms with van der Waals surface area (Å²) in [5, 5.41) is 0. The molecule has 0 aromatic carbocycles. The fourth-order valence-corrected chi connectivity index (χ4v) is 1.82. The van der Waals surface area contributed by atoms with E-state index < -0.39 is 0 Å². The van der Waals surface area contributed by atoms with Crippen molar-refractivity contribution in [3.63, 3.8) is 0 Å². The summed E-state index contributed by atoms with van der Waals surface area (Å²) in [6.07, 6.45) is 3.20. The van der Waals surface area contributed by atoms with Crippen LogP contribution in [-0.4, -0.2) is 37.0 Å². The summed E-state index contributed by atoms with van der Waals surface area (Å²) in [5.41, 5.74) is 0. The lowest BCUT2D eigenvalue weighted by molar-refractivity contribution is -0.108. The molecule has 1 rings (SSSR count). The van der Waals surface area contributed by atoms with Crippen LogP contribution in [0.5, 0.6) is 0 Å².